The van der Waals surface area contributed by atoms with E-state index in [-0.39, 0.29) is 65.8 Å². The van der Waals surface area contributed by atoms with Crippen LogP contribution in [0.1, 0.15) is 58.8 Å². The van der Waals surface area contributed by atoms with Crippen LogP contribution in [0, 0.1) is 0 Å². The molecule has 4 rings (SSSR count). The fraction of sp³-hybridized carbons (Fsp3) is 0.622. The molecular weight excluding hydrogens is 977 g/mol. The van der Waals surface area contributed by atoms with Crippen LogP contribution >= 0.6 is 71.5 Å². The fourth-order valence-electron chi connectivity index (χ4n) is 6.54. The lowest BCUT2D eigenvalue weighted by Crippen LogP contribution is -2.80. The molecule has 6 atom stereocenters. The summed E-state index contributed by atoms with van der Waals surface area (Å²) >= 11 is 15.1. The van der Waals surface area contributed by atoms with E-state index in [1.807, 2.05) is 6.92 Å². The standard InChI is InChI=1S/C19H27N3O8S3.C18H25N3O8S3/c1-3-7-30-18(31)33-9-10-8-32-17-19(29-2,16(28)22(17)13(10)15(26)27)21-12(23)6-4-5-11(20)14(24)25;1-3-29-17(30)32-8-9-7-31-16-18(28-2,15(27)21(16)12(9)14(25)26)20-11(22)6-4-5-10(19)13(23)24/h11,17H,3-9,20H2,1-2H3,(H,21,23)(H,24,25)(H,26,27);10,16H,3-8,19H2,1-2H3,(H,20,22)(H,23,24)(H,25,26)/t11?,17-,19-;10?,16-,18-/m00/s1. The molecule has 0 aromatic rings. The Balaban J connectivity index is 0.000000345. The number of carboxylic acid groups (broad SMARTS) is 4. The molecule has 4 aliphatic rings. The van der Waals surface area contributed by atoms with Crippen molar-refractivity contribution in [1.29, 1.82) is 0 Å². The van der Waals surface area contributed by atoms with Crippen LogP contribution in [-0.2, 0) is 57.3 Å². The number of nitrogens with zero attached hydrogens (tertiary/aromatic N) is 2. The topological polar surface area (TPSA) is 337 Å². The third-order valence-electron chi connectivity index (χ3n) is 9.81. The number of hydrogen-bond donors (Lipinski definition) is 8. The minimum atomic E-state index is -1.70. The van der Waals surface area contributed by atoms with Crippen molar-refractivity contribution in [1.82, 2.24) is 20.4 Å². The zero-order valence-corrected chi connectivity index (χ0v) is 40.6. The molecule has 4 aliphatic heterocycles. The van der Waals surface area contributed by atoms with Crippen molar-refractivity contribution in [2.45, 2.75) is 93.1 Å². The predicted molar refractivity (Wildman–Crippen MR) is 248 cm³/mol. The first-order valence-electron chi connectivity index (χ1n) is 19.8. The molecule has 28 heteroatoms. The molecule has 0 radical (unpaired) electrons. The van der Waals surface area contributed by atoms with E-state index in [0.29, 0.717) is 40.2 Å². The van der Waals surface area contributed by atoms with Gasteiger partial charge in [-0.05, 0) is 74.6 Å². The van der Waals surface area contributed by atoms with Crippen LogP contribution in [0.25, 0.3) is 0 Å². The third kappa shape index (κ3) is 13.5. The van der Waals surface area contributed by atoms with E-state index in [4.69, 9.17) is 65.1 Å². The number of ether oxygens (including phenoxy) is 4. The van der Waals surface area contributed by atoms with E-state index < -0.39 is 81.8 Å². The summed E-state index contributed by atoms with van der Waals surface area (Å²) in [5.74, 6) is -6.18. The Morgan fingerprint density at radius 1 is 0.738 bits per heavy atom. The molecule has 0 aromatic carbocycles. The first-order valence-corrected chi connectivity index (χ1v) is 24.6. The molecule has 4 heterocycles. The normalized spacial score (nSPS) is 23.0. The number of nitrogens with one attached hydrogen (secondary N) is 2. The SMILES string of the molecule is CCCOC(=S)SCC1=C(C(=O)O)N2C(=O)[C@](NC(=O)CCCC(N)C(=O)O)(OC)[C@@H]2SC1.CCOC(=S)SCC1=C(C(=O)O)N2C(=O)[C@](NC(=O)CCCC(N)C(=O)O)(OC)[C@@H]2SC1. The summed E-state index contributed by atoms with van der Waals surface area (Å²) in [4.78, 5) is 98.5. The molecular formula is C37H52N6O16S6. The zero-order chi connectivity index (χ0) is 48.8. The van der Waals surface area contributed by atoms with Gasteiger partial charge in [0.1, 0.15) is 34.2 Å². The number of thioether (sulfide) groups is 4. The average Bonchev–Trinajstić information content (AvgIpc) is 3.26. The van der Waals surface area contributed by atoms with Crippen molar-refractivity contribution < 1.29 is 77.7 Å². The number of hydrogen-bond acceptors (Lipinski definition) is 20. The maximum Gasteiger partial charge on any atom is 0.352 e. The van der Waals surface area contributed by atoms with Gasteiger partial charge in [0.25, 0.3) is 23.3 Å². The molecule has 0 aromatic heterocycles. The highest BCUT2D eigenvalue weighted by atomic mass is 32.2. The molecule has 2 unspecified atom stereocenters. The molecule has 2 saturated heterocycles. The van der Waals surface area contributed by atoms with Gasteiger partial charge < -0.3 is 61.5 Å². The fourth-order valence-corrected chi connectivity index (χ4v) is 11.7. The Hall–Kier alpha value is -3.74. The minimum Gasteiger partial charge on any atom is -0.480 e. The van der Waals surface area contributed by atoms with Gasteiger partial charge >= 0.3 is 23.9 Å². The Morgan fingerprint density at radius 2 is 1.12 bits per heavy atom. The van der Waals surface area contributed by atoms with Gasteiger partial charge in [0.2, 0.25) is 20.6 Å². The summed E-state index contributed by atoms with van der Waals surface area (Å²) in [5, 5.41) is 40.7. The molecule has 362 valence electrons. The number of aliphatic carboxylic acids is 4. The number of amides is 4. The van der Waals surface area contributed by atoms with Gasteiger partial charge in [0.05, 0.1) is 13.2 Å². The Morgan fingerprint density at radius 3 is 1.45 bits per heavy atom. The van der Waals surface area contributed by atoms with Crippen LogP contribution in [-0.4, -0.2) is 171 Å². The lowest BCUT2D eigenvalue weighted by molar-refractivity contribution is -0.192. The molecule has 0 bridgehead atoms. The molecule has 0 aliphatic carbocycles. The summed E-state index contributed by atoms with van der Waals surface area (Å²) in [6.07, 6.45) is 1.27. The molecule has 0 saturated carbocycles. The van der Waals surface area contributed by atoms with Crippen molar-refractivity contribution in [3.63, 3.8) is 0 Å². The number of thiocarbonyl (C=S) groups is 2. The number of carbonyl (C=O) groups is 8. The molecule has 0 spiro atoms. The number of rotatable bonds is 23. The quantitative estimate of drug-likeness (QED) is 0.0403. The lowest BCUT2D eigenvalue weighted by atomic mass is 9.98. The van der Waals surface area contributed by atoms with Crippen molar-refractivity contribution in [2.75, 3.05) is 50.4 Å². The van der Waals surface area contributed by atoms with Crippen LogP contribution in [0.4, 0.5) is 0 Å². The highest BCUT2D eigenvalue weighted by Gasteiger charge is 2.67. The number of methoxy groups -OCH3 is 2. The van der Waals surface area contributed by atoms with E-state index >= 15 is 0 Å². The number of fused-ring (bicyclic) bond motifs is 2. The second-order valence-corrected chi connectivity index (χ2v) is 19.5. The van der Waals surface area contributed by atoms with Gasteiger partial charge in [0, 0.05) is 50.1 Å². The van der Waals surface area contributed by atoms with Gasteiger partial charge in [-0.15, -0.1) is 23.5 Å². The summed E-state index contributed by atoms with van der Waals surface area (Å²) in [7, 11) is 2.52. The largest absolute Gasteiger partial charge is 0.480 e. The Labute approximate surface area is 401 Å². The van der Waals surface area contributed by atoms with Gasteiger partial charge in [-0.2, -0.15) is 0 Å². The highest BCUT2D eigenvalue weighted by Crippen LogP contribution is 2.48. The molecule has 22 nitrogen and oxygen atoms in total. The van der Waals surface area contributed by atoms with Crippen LogP contribution in [0.3, 0.4) is 0 Å². The van der Waals surface area contributed by atoms with Crippen LogP contribution in [0.2, 0.25) is 0 Å². The maximum absolute atomic E-state index is 13.0. The van der Waals surface area contributed by atoms with Gasteiger partial charge in [0.15, 0.2) is 0 Å². The Kier molecular flexibility index (Phi) is 21.7. The van der Waals surface area contributed by atoms with Crippen molar-refractivity contribution in [2.24, 2.45) is 11.5 Å². The summed E-state index contributed by atoms with van der Waals surface area (Å²) < 4.78 is 21.9. The van der Waals surface area contributed by atoms with E-state index in [1.165, 1.54) is 61.3 Å². The number of carbonyl (C=O) groups excluding carboxylic acids is 4. The van der Waals surface area contributed by atoms with E-state index in [0.717, 1.165) is 16.2 Å². The monoisotopic (exact) mass is 1030 g/mol. The lowest BCUT2D eigenvalue weighted by Gasteiger charge is -2.55. The van der Waals surface area contributed by atoms with Crippen LogP contribution < -0.4 is 22.1 Å². The van der Waals surface area contributed by atoms with Crippen LogP contribution in [0.15, 0.2) is 22.5 Å². The van der Waals surface area contributed by atoms with Crippen molar-refractivity contribution in [3.05, 3.63) is 22.5 Å². The molecule has 2 fully saturated rings. The van der Waals surface area contributed by atoms with Gasteiger partial charge in [-0.3, -0.25) is 38.6 Å². The van der Waals surface area contributed by atoms with Crippen LogP contribution in [0.5, 0.6) is 0 Å². The minimum absolute atomic E-state index is 0.0600. The van der Waals surface area contributed by atoms with E-state index in [2.05, 4.69) is 10.6 Å². The van der Waals surface area contributed by atoms with E-state index in [1.54, 1.807) is 6.92 Å². The third-order valence-corrected chi connectivity index (χ3v) is 15.2. The van der Waals surface area contributed by atoms with Gasteiger partial charge in [-0.1, -0.05) is 30.4 Å². The second kappa shape index (κ2) is 25.4. The summed E-state index contributed by atoms with van der Waals surface area (Å²) in [6.45, 7) is 4.60. The molecule has 65 heavy (non-hydrogen) atoms. The average molecular weight is 1030 g/mol. The summed E-state index contributed by atoms with van der Waals surface area (Å²) in [6, 6.07) is -2.16. The second-order valence-electron chi connectivity index (χ2n) is 14.2. The zero-order valence-electron chi connectivity index (χ0n) is 35.7. The smallest absolute Gasteiger partial charge is 0.352 e. The maximum atomic E-state index is 13.0. The molecule has 10 N–H and O–H groups in total. The number of carboxylic acids is 4. The Bertz CT molecular complexity index is 1960. The summed E-state index contributed by atoms with van der Waals surface area (Å²) in [5.41, 5.74) is 8.18. The highest BCUT2D eigenvalue weighted by molar-refractivity contribution is 8.23. The first-order chi connectivity index (χ1) is 30.7. The number of nitrogens with two attached hydrogens (primary N) is 2. The van der Waals surface area contributed by atoms with E-state index in [9.17, 15) is 48.6 Å². The van der Waals surface area contributed by atoms with Gasteiger partial charge in [-0.25, -0.2) is 9.59 Å². The van der Waals surface area contributed by atoms with Crippen molar-refractivity contribution >= 4 is 128 Å². The number of β-lactam (4-membered cyclic amide) rings is 2. The van der Waals surface area contributed by atoms with Crippen molar-refractivity contribution in [3.8, 4) is 0 Å². The predicted octanol–water partition coefficient (Wildman–Crippen LogP) is 1.06. The molecule has 4 amide bonds. The first kappa shape index (κ1) is 55.6.